The Morgan fingerprint density at radius 2 is 1.04 bits per heavy atom. The Morgan fingerprint density at radius 1 is 0.625 bits per heavy atom. The lowest BCUT2D eigenvalue weighted by Gasteiger charge is -2.20. The average Bonchev–Trinajstić information content (AvgIpc) is 3.07. The predicted molar refractivity (Wildman–Crippen MR) is 193 cm³/mol. The van der Waals surface area contributed by atoms with Gasteiger partial charge in [0.05, 0.1) is 48.9 Å². The molecule has 0 bridgehead atoms. The van der Waals surface area contributed by atoms with Crippen LogP contribution in [0.15, 0.2) is 48.5 Å². The van der Waals surface area contributed by atoms with Crippen LogP contribution in [0.3, 0.4) is 0 Å². The molecule has 3 aromatic rings. The number of terminal acetylenes is 2. The summed E-state index contributed by atoms with van der Waals surface area (Å²) in [5.74, 6) is 6.05. The molecule has 0 spiro atoms. The number of carbonyl (C=O) groups is 2. The van der Waals surface area contributed by atoms with Crippen LogP contribution in [0, 0.1) is 36.5 Å². The van der Waals surface area contributed by atoms with E-state index in [1.165, 1.54) is 6.07 Å². The molecule has 0 atom stereocenters. The van der Waals surface area contributed by atoms with Crippen molar-refractivity contribution in [1.82, 2.24) is 0 Å². The minimum atomic E-state index is -0.509. The number of nitrogens with one attached hydrogen (secondary N) is 2. The van der Waals surface area contributed by atoms with E-state index in [0.717, 1.165) is 25.7 Å². The highest BCUT2D eigenvalue weighted by Crippen LogP contribution is 2.34. The molecule has 0 aliphatic rings. The summed E-state index contributed by atoms with van der Waals surface area (Å²) in [6.07, 6.45) is 14.9. The van der Waals surface area contributed by atoms with Crippen molar-refractivity contribution in [3.63, 3.8) is 0 Å². The number of benzene rings is 3. The van der Waals surface area contributed by atoms with Crippen molar-refractivity contribution in [1.29, 1.82) is 0 Å². The third kappa shape index (κ3) is 11.0. The number of unbranched alkanes of at least 4 members (excludes halogenated alkanes) is 2. The van der Waals surface area contributed by atoms with E-state index < -0.39 is 11.8 Å². The van der Waals surface area contributed by atoms with Crippen LogP contribution >= 0.6 is 0 Å². The first-order chi connectivity index (χ1) is 23.1. The SMILES string of the molecule is C#Cc1ccc(OCCCC)c(NC(=O)c2cc(C(=O)Nc3cc(C#C)ccc3OCCCC)c(OCC(C)C)cc2OCC(C)C)c1. The van der Waals surface area contributed by atoms with Crippen LogP contribution in [-0.2, 0) is 0 Å². The summed E-state index contributed by atoms with van der Waals surface area (Å²) < 4.78 is 24.2. The Balaban J connectivity index is 2.11. The second-order valence-corrected chi connectivity index (χ2v) is 12.3. The maximum absolute atomic E-state index is 14.0. The quantitative estimate of drug-likeness (QED) is 0.106. The van der Waals surface area contributed by atoms with E-state index in [0.29, 0.717) is 60.4 Å². The fourth-order valence-corrected chi connectivity index (χ4v) is 4.39. The van der Waals surface area contributed by atoms with Crippen molar-refractivity contribution in [3.8, 4) is 47.7 Å². The summed E-state index contributed by atoms with van der Waals surface area (Å²) in [4.78, 5) is 28.1. The van der Waals surface area contributed by atoms with E-state index in [1.807, 2.05) is 27.7 Å². The fourth-order valence-electron chi connectivity index (χ4n) is 4.39. The highest BCUT2D eigenvalue weighted by atomic mass is 16.5. The van der Waals surface area contributed by atoms with E-state index in [1.54, 1.807) is 42.5 Å². The Morgan fingerprint density at radius 3 is 1.40 bits per heavy atom. The number of hydrogen-bond donors (Lipinski definition) is 2. The third-order valence-electron chi connectivity index (χ3n) is 7.02. The van der Waals surface area contributed by atoms with Crippen molar-refractivity contribution in [3.05, 3.63) is 70.8 Å². The minimum absolute atomic E-state index is 0.139. The van der Waals surface area contributed by atoms with Crippen molar-refractivity contribution < 1.29 is 28.5 Å². The largest absolute Gasteiger partial charge is 0.492 e. The summed E-state index contributed by atoms with van der Waals surface area (Å²) in [5.41, 5.74) is 2.25. The summed E-state index contributed by atoms with van der Waals surface area (Å²) in [7, 11) is 0. The number of rotatable bonds is 18. The van der Waals surface area contributed by atoms with Gasteiger partial charge in [-0.3, -0.25) is 9.59 Å². The highest BCUT2D eigenvalue weighted by Gasteiger charge is 2.24. The molecule has 2 N–H and O–H groups in total. The van der Waals surface area contributed by atoms with Crippen LogP contribution in [0.4, 0.5) is 11.4 Å². The van der Waals surface area contributed by atoms with Gasteiger partial charge in [-0.25, -0.2) is 0 Å². The monoisotopic (exact) mass is 652 g/mol. The number of carbonyl (C=O) groups excluding carboxylic acids is 2. The van der Waals surface area contributed by atoms with E-state index in [9.17, 15) is 9.59 Å². The van der Waals surface area contributed by atoms with Gasteiger partial charge in [-0.1, -0.05) is 66.2 Å². The lowest BCUT2D eigenvalue weighted by Crippen LogP contribution is -2.20. The van der Waals surface area contributed by atoms with Gasteiger partial charge in [0.2, 0.25) is 0 Å². The van der Waals surface area contributed by atoms with Gasteiger partial charge < -0.3 is 29.6 Å². The van der Waals surface area contributed by atoms with E-state index in [4.69, 9.17) is 31.8 Å². The first-order valence-corrected chi connectivity index (χ1v) is 16.6. The lowest BCUT2D eigenvalue weighted by molar-refractivity contribution is 0.102. The summed E-state index contributed by atoms with van der Waals surface area (Å²) in [6.45, 7) is 13.8. The minimum Gasteiger partial charge on any atom is -0.492 e. The molecule has 0 unspecified atom stereocenters. The predicted octanol–water partition coefficient (Wildman–Crippen LogP) is 8.58. The zero-order valence-corrected chi connectivity index (χ0v) is 29.0. The molecule has 2 amide bonds. The van der Waals surface area contributed by atoms with Gasteiger partial charge in [0.15, 0.2) is 0 Å². The first-order valence-electron chi connectivity index (χ1n) is 16.6. The Hall–Kier alpha value is -5.08. The molecule has 0 fully saturated rings. The third-order valence-corrected chi connectivity index (χ3v) is 7.02. The first kappa shape index (κ1) is 37.4. The molecule has 0 saturated heterocycles. The molecule has 0 aromatic heterocycles. The Labute approximate surface area is 285 Å². The highest BCUT2D eigenvalue weighted by molar-refractivity contribution is 6.12. The summed E-state index contributed by atoms with van der Waals surface area (Å²) in [6, 6.07) is 13.4. The molecule has 8 heteroatoms. The van der Waals surface area contributed by atoms with E-state index in [-0.39, 0.29) is 34.5 Å². The van der Waals surface area contributed by atoms with Crippen LogP contribution in [0.1, 0.15) is 99.1 Å². The van der Waals surface area contributed by atoms with Gasteiger partial charge in [0.1, 0.15) is 23.0 Å². The molecule has 0 heterocycles. The number of ether oxygens (including phenoxy) is 4. The van der Waals surface area contributed by atoms with Crippen LogP contribution in [0.5, 0.6) is 23.0 Å². The Bertz CT molecular complexity index is 1510. The van der Waals surface area contributed by atoms with Gasteiger partial charge in [-0.15, -0.1) is 12.8 Å². The standard InChI is InChI=1S/C40H48N2O6/c1-9-13-19-45-35-17-15-29(11-3)21-33(35)41-39(43)31-23-32(38(48-26-28(7)8)24-37(31)47-25-27(5)6)40(44)42-34-22-30(12-4)16-18-36(34)46-20-14-10-2/h3-4,15-18,21-24,27-28H,9-10,13-14,19-20,25-26H2,1-2,5-8H3,(H,41,43)(H,42,44). The topological polar surface area (TPSA) is 95.1 Å². The number of amides is 2. The summed E-state index contributed by atoms with van der Waals surface area (Å²) >= 11 is 0. The van der Waals surface area contributed by atoms with E-state index >= 15 is 0 Å². The van der Waals surface area contributed by atoms with Crippen LogP contribution < -0.4 is 29.6 Å². The van der Waals surface area contributed by atoms with E-state index in [2.05, 4.69) is 36.3 Å². The van der Waals surface area contributed by atoms with Crippen molar-refractivity contribution in [2.45, 2.75) is 67.2 Å². The molecule has 0 saturated carbocycles. The molecule has 0 radical (unpaired) electrons. The molecule has 0 aliphatic carbocycles. The molecular formula is C40H48N2O6. The molecule has 8 nitrogen and oxygen atoms in total. The van der Waals surface area contributed by atoms with Crippen LogP contribution in [0.2, 0.25) is 0 Å². The van der Waals surface area contributed by atoms with Gasteiger partial charge in [-0.05, 0) is 67.1 Å². The van der Waals surface area contributed by atoms with Crippen molar-refractivity contribution in [2.75, 3.05) is 37.1 Å². The zero-order valence-electron chi connectivity index (χ0n) is 29.0. The number of hydrogen-bond acceptors (Lipinski definition) is 6. The van der Waals surface area contributed by atoms with Crippen molar-refractivity contribution in [2.24, 2.45) is 11.8 Å². The second kappa shape index (κ2) is 18.9. The number of anilines is 2. The zero-order chi connectivity index (χ0) is 35.1. The molecule has 254 valence electrons. The normalized spacial score (nSPS) is 10.6. The molecule has 0 aliphatic heterocycles. The fraction of sp³-hybridized carbons (Fsp3) is 0.400. The maximum Gasteiger partial charge on any atom is 0.259 e. The molecule has 3 aromatic carbocycles. The Kier molecular flexibility index (Phi) is 14.7. The molecule has 48 heavy (non-hydrogen) atoms. The van der Waals surface area contributed by atoms with Gasteiger partial charge in [0, 0.05) is 17.2 Å². The summed E-state index contributed by atoms with van der Waals surface area (Å²) in [5, 5.41) is 5.88. The smallest absolute Gasteiger partial charge is 0.259 e. The second-order valence-electron chi connectivity index (χ2n) is 12.3. The molecule has 3 rings (SSSR count). The van der Waals surface area contributed by atoms with Crippen LogP contribution in [0.25, 0.3) is 0 Å². The maximum atomic E-state index is 14.0. The van der Waals surface area contributed by atoms with Gasteiger partial charge >= 0.3 is 0 Å². The van der Waals surface area contributed by atoms with Gasteiger partial charge in [0.25, 0.3) is 11.8 Å². The van der Waals surface area contributed by atoms with Crippen molar-refractivity contribution >= 4 is 23.2 Å². The average molecular weight is 653 g/mol. The van der Waals surface area contributed by atoms with Crippen LogP contribution in [-0.4, -0.2) is 38.2 Å². The lowest BCUT2D eigenvalue weighted by atomic mass is 10.1. The molecular weight excluding hydrogens is 604 g/mol. The van der Waals surface area contributed by atoms with Gasteiger partial charge in [-0.2, -0.15) is 0 Å².